The Bertz CT molecular complexity index is 1350. The fraction of sp³-hybridized carbons (Fsp3) is 0.308. The normalized spacial score (nSPS) is 14.5. The van der Waals surface area contributed by atoms with E-state index in [1.54, 1.807) is 11.1 Å². The Labute approximate surface area is 207 Å². The number of aryl methyl sites for hydroxylation is 1. The SMILES string of the molecule is Cc1nc2nc(N[C@@H](C)c3ccccn3)nc(C(=O)N3CC(CC(=O)Cc4ccccc4)C3)c2s1. The van der Waals surface area contributed by atoms with Crippen LogP contribution in [0.1, 0.15) is 46.1 Å². The average Bonchev–Trinajstić information content (AvgIpc) is 3.21. The minimum atomic E-state index is -0.152. The fourth-order valence-corrected chi connectivity index (χ4v) is 5.11. The summed E-state index contributed by atoms with van der Waals surface area (Å²) < 4.78 is 0.687. The molecule has 0 radical (unpaired) electrons. The van der Waals surface area contributed by atoms with Gasteiger partial charge in [-0.1, -0.05) is 36.4 Å². The van der Waals surface area contributed by atoms with Gasteiger partial charge in [-0.25, -0.2) is 9.97 Å². The van der Waals surface area contributed by atoms with Crippen LogP contribution in [-0.2, 0) is 11.2 Å². The van der Waals surface area contributed by atoms with Gasteiger partial charge in [0.2, 0.25) is 5.95 Å². The lowest BCUT2D eigenvalue weighted by Crippen LogP contribution is -2.50. The number of rotatable bonds is 8. The lowest BCUT2D eigenvalue weighted by molar-refractivity contribution is -0.120. The number of ketones is 1. The zero-order valence-electron chi connectivity index (χ0n) is 19.6. The standard InChI is InChI=1S/C26H26N6O2S/c1-16(21-10-6-7-11-27-21)28-26-30-22(23-24(31-26)29-17(2)35-23)25(34)32-14-19(15-32)13-20(33)12-18-8-4-3-5-9-18/h3-11,16,19H,12-15H2,1-2H3,(H,28,30,31)/t16-/m0/s1. The van der Waals surface area contributed by atoms with E-state index in [4.69, 9.17) is 0 Å². The van der Waals surface area contributed by atoms with Crippen molar-refractivity contribution in [2.45, 2.75) is 32.7 Å². The Morgan fingerprint density at radius 2 is 1.86 bits per heavy atom. The summed E-state index contributed by atoms with van der Waals surface area (Å²) in [5, 5.41) is 4.08. The first-order valence-electron chi connectivity index (χ1n) is 11.6. The molecule has 178 valence electrons. The van der Waals surface area contributed by atoms with E-state index in [-0.39, 0.29) is 23.7 Å². The molecule has 0 unspecified atom stereocenters. The highest BCUT2D eigenvalue weighted by molar-refractivity contribution is 7.18. The zero-order valence-corrected chi connectivity index (χ0v) is 20.5. The number of likely N-dealkylation sites (tertiary alicyclic amines) is 1. The molecular formula is C26H26N6O2S. The summed E-state index contributed by atoms with van der Waals surface area (Å²) in [5.41, 5.74) is 2.74. The van der Waals surface area contributed by atoms with E-state index in [9.17, 15) is 9.59 Å². The molecule has 35 heavy (non-hydrogen) atoms. The second-order valence-corrected chi connectivity index (χ2v) is 10.1. The number of nitrogens with one attached hydrogen (secondary N) is 1. The van der Waals surface area contributed by atoms with Gasteiger partial charge in [-0.3, -0.25) is 14.6 Å². The molecule has 5 rings (SSSR count). The molecule has 1 saturated heterocycles. The van der Waals surface area contributed by atoms with Crippen LogP contribution in [0.15, 0.2) is 54.7 Å². The van der Waals surface area contributed by atoms with Gasteiger partial charge in [0.05, 0.1) is 16.7 Å². The number of amides is 1. The van der Waals surface area contributed by atoms with Gasteiger partial charge in [-0.15, -0.1) is 11.3 Å². The molecule has 1 aliphatic rings. The van der Waals surface area contributed by atoms with E-state index >= 15 is 0 Å². The molecule has 1 N–H and O–H groups in total. The number of benzene rings is 1. The molecular weight excluding hydrogens is 460 g/mol. The highest BCUT2D eigenvalue weighted by Gasteiger charge is 2.34. The molecule has 9 heteroatoms. The summed E-state index contributed by atoms with van der Waals surface area (Å²) in [4.78, 5) is 45.6. The fourth-order valence-electron chi connectivity index (χ4n) is 4.27. The molecule has 0 bridgehead atoms. The number of fused-ring (bicyclic) bond motifs is 1. The van der Waals surface area contributed by atoms with Crippen LogP contribution in [0, 0.1) is 12.8 Å². The van der Waals surface area contributed by atoms with Gasteiger partial charge in [-0.2, -0.15) is 4.98 Å². The number of hydrogen-bond donors (Lipinski definition) is 1. The van der Waals surface area contributed by atoms with Crippen molar-refractivity contribution in [2.24, 2.45) is 5.92 Å². The molecule has 1 aliphatic heterocycles. The van der Waals surface area contributed by atoms with E-state index in [2.05, 4.69) is 25.3 Å². The lowest BCUT2D eigenvalue weighted by Gasteiger charge is -2.38. The molecule has 0 aliphatic carbocycles. The molecule has 3 aromatic heterocycles. The average molecular weight is 487 g/mol. The van der Waals surface area contributed by atoms with Gasteiger partial charge in [0.25, 0.3) is 5.91 Å². The predicted molar refractivity (Wildman–Crippen MR) is 135 cm³/mol. The number of anilines is 1. The predicted octanol–water partition coefficient (Wildman–Crippen LogP) is 4.24. The number of carbonyl (C=O) groups excluding carboxylic acids is 2. The Morgan fingerprint density at radius 3 is 2.60 bits per heavy atom. The Balaban J connectivity index is 1.27. The first kappa shape index (κ1) is 23.0. The van der Waals surface area contributed by atoms with Gasteiger partial charge >= 0.3 is 0 Å². The number of Topliss-reactive ketones (excluding diaryl/α,β-unsaturated/α-hetero) is 1. The highest BCUT2D eigenvalue weighted by atomic mass is 32.1. The Morgan fingerprint density at radius 1 is 1.09 bits per heavy atom. The largest absolute Gasteiger partial charge is 0.346 e. The van der Waals surface area contributed by atoms with Gasteiger partial charge in [0, 0.05) is 38.0 Å². The van der Waals surface area contributed by atoms with Crippen LogP contribution in [0.25, 0.3) is 10.3 Å². The first-order valence-corrected chi connectivity index (χ1v) is 12.5. The number of aromatic nitrogens is 4. The number of nitrogens with zero attached hydrogens (tertiary/aromatic N) is 5. The molecule has 4 aromatic rings. The van der Waals surface area contributed by atoms with Crippen LogP contribution >= 0.6 is 11.3 Å². The molecule has 1 atom stereocenters. The summed E-state index contributed by atoms with van der Waals surface area (Å²) in [6, 6.07) is 15.3. The molecule has 0 saturated carbocycles. The summed E-state index contributed by atoms with van der Waals surface area (Å²) in [6.45, 7) is 4.96. The van der Waals surface area contributed by atoms with Crippen molar-refractivity contribution in [2.75, 3.05) is 18.4 Å². The van der Waals surface area contributed by atoms with Gasteiger partial charge in [0.15, 0.2) is 11.3 Å². The number of carbonyl (C=O) groups is 2. The maximum absolute atomic E-state index is 13.4. The van der Waals surface area contributed by atoms with E-state index < -0.39 is 0 Å². The third kappa shape index (κ3) is 5.19. The second kappa shape index (κ2) is 9.87. The molecule has 0 spiro atoms. The van der Waals surface area contributed by atoms with Crippen molar-refractivity contribution >= 4 is 39.3 Å². The van der Waals surface area contributed by atoms with E-state index in [1.165, 1.54) is 11.3 Å². The third-order valence-electron chi connectivity index (χ3n) is 6.05. The van der Waals surface area contributed by atoms with Crippen molar-refractivity contribution in [3.8, 4) is 0 Å². The molecule has 4 heterocycles. The van der Waals surface area contributed by atoms with E-state index in [0.717, 1.165) is 16.3 Å². The second-order valence-electron chi connectivity index (χ2n) is 8.88. The number of pyridine rings is 1. The van der Waals surface area contributed by atoms with Crippen LogP contribution in [-0.4, -0.2) is 49.6 Å². The van der Waals surface area contributed by atoms with Crippen molar-refractivity contribution in [3.05, 3.63) is 76.7 Å². The minimum absolute atomic E-state index is 0.139. The van der Waals surface area contributed by atoms with Crippen molar-refractivity contribution in [1.29, 1.82) is 0 Å². The van der Waals surface area contributed by atoms with Crippen molar-refractivity contribution in [1.82, 2.24) is 24.8 Å². The van der Waals surface area contributed by atoms with Crippen LogP contribution in [0.4, 0.5) is 5.95 Å². The smallest absolute Gasteiger partial charge is 0.274 e. The summed E-state index contributed by atoms with van der Waals surface area (Å²) >= 11 is 1.42. The van der Waals surface area contributed by atoms with Crippen LogP contribution in [0.3, 0.4) is 0 Å². The summed E-state index contributed by atoms with van der Waals surface area (Å²) in [6.07, 6.45) is 2.65. The first-order chi connectivity index (χ1) is 17.0. The van der Waals surface area contributed by atoms with Crippen LogP contribution in [0.2, 0.25) is 0 Å². The molecule has 1 amide bonds. The summed E-state index contributed by atoms with van der Waals surface area (Å²) in [5.74, 6) is 0.573. The quantitative estimate of drug-likeness (QED) is 0.398. The van der Waals surface area contributed by atoms with Crippen molar-refractivity contribution < 1.29 is 9.59 Å². The summed E-state index contributed by atoms with van der Waals surface area (Å²) in [7, 11) is 0. The third-order valence-corrected chi connectivity index (χ3v) is 7.01. The highest BCUT2D eigenvalue weighted by Crippen LogP contribution is 2.29. The Kier molecular flexibility index (Phi) is 6.50. The zero-order chi connectivity index (χ0) is 24.4. The van der Waals surface area contributed by atoms with Gasteiger partial charge in [-0.05, 0) is 31.5 Å². The van der Waals surface area contributed by atoms with E-state index in [1.807, 2.05) is 62.4 Å². The van der Waals surface area contributed by atoms with Crippen LogP contribution < -0.4 is 5.32 Å². The maximum atomic E-state index is 13.4. The molecule has 1 aromatic carbocycles. The molecule has 8 nitrogen and oxygen atoms in total. The monoisotopic (exact) mass is 486 g/mol. The van der Waals surface area contributed by atoms with E-state index in [0.29, 0.717) is 47.9 Å². The number of thiazole rings is 1. The number of hydrogen-bond acceptors (Lipinski definition) is 8. The topological polar surface area (TPSA) is 101 Å². The Hall–Kier alpha value is -3.72. The lowest BCUT2D eigenvalue weighted by atomic mass is 9.91. The maximum Gasteiger partial charge on any atom is 0.274 e. The van der Waals surface area contributed by atoms with Gasteiger partial charge < -0.3 is 10.2 Å². The molecule has 1 fully saturated rings. The van der Waals surface area contributed by atoms with Crippen LogP contribution in [0.5, 0.6) is 0 Å². The van der Waals surface area contributed by atoms with Crippen molar-refractivity contribution in [3.63, 3.8) is 0 Å². The minimum Gasteiger partial charge on any atom is -0.346 e. The van der Waals surface area contributed by atoms with Gasteiger partial charge in [0.1, 0.15) is 10.5 Å².